The molecule has 44 heavy (non-hydrogen) atoms. The lowest BCUT2D eigenvalue weighted by Crippen LogP contribution is -2.42. The van der Waals surface area contributed by atoms with Crippen LogP contribution in [0.5, 0.6) is 0 Å². The minimum atomic E-state index is -0.745. The van der Waals surface area contributed by atoms with Crippen LogP contribution < -0.4 is 5.32 Å². The van der Waals surface area contributed by atoms with Crippen molar-refractivity contribution in [2.45, 2.75) is 31.7 Å². The SMILES string of the molecule is CN(C(=O)CCc1cccc(F)c1Cl)[C@@H](CCCN1C(=O)c2ccccc2C1=O)COC(=O)Nc1cc2ccccc2cn1. The van der Waals surface area contributed by atoms with Crippen LogP contribution in [0.15, 0.2) is 79.0 Å². The molecule has 0 saturated carbocycles. The number of carbonyl (C=O) groups is 4. The summed E-state index contributed by atoms with van der Waals surface area (Å²) in [4.78, 5) is 58.4. The number of nitrogens with zero attached hydrogens (tertiary/aromatic N) is 3. The van der Waals surface area contributed by atoms with Gasteiger partial charge in [0.2, 0.25) is 5.91 Å². The molecule has 0 radical (unpaired) electrons. The van der Waals surface area contributed by atoms with E-state index >= 15 is 0 Å². The fourth-order valence-corrected chi connectivity index (χ4v) is 5.36. The predicted octanol–water partition coefficient (Wildman–Crippen LogP) is 6.11. The standard InChI is InChI=1S/C33H30ClFN4O5/c1-38(29(40)16-15-21-10-6-14-27(35)30(21)34)24(11-7-17-39-31(41)25-12-4-5-13-26(25)32(39)42)20-44-33(43)37-28-18-22-8-2-3-9-23(22)19-36-28/h2-6,8-10,12-14,18-19,24H,7,11,15-17,20H2,1H3,(H,36,37,43)/t24-/m0/s1. The first-order valence-corrected chi connectivity index (χ1v) is 14.5. The number of hydrogen-bond donors (Lipinski definition) is 1. The normalized spacial score (nSPS) is 13.1. The Balaban J connectivity index is 1.22. The van der Waals surface area contributed by atoms with Crippen LogP contribution in [0.25, 0.3) is 10.8 Å². The van der Waals surface area contributed by atoms with Crippen molar-refractivity contribution in [3.8, 4) is 0 Å². The Hall–Kier alpha value is -4.83. The molecule has 2 heterocycles. The topological polar surface area (TPSA) is 109 Å². The largest absolute Gasteiger partial charge is 0.447 e. The van der Waals surface area contributed by atoms with Gasteiger partial charge in [0, 0.05) is 31.6 Å². The van der Waals surface area contributed by atoms with Gasteiger partial charge in [0.1, 0.15) is 18.2 Å². The molecule has 3 aromatic carbocycles. The molecule has 226 valence electrons. The van der Waals surface area contributed by atoms with E-state index in [1.54, 1.807) is 49.6 Å². The van der Waals surface area contributed by atoms with Crippen molar-refractivity contribution >= 4 is 52.0 Å². The number of halogens is 2. The Kier molecular flexibility index (Phi) is 9.50. The van der Waals surface area contributed by atoms with E-state index in [2.05, 4.69) is 10.3 Å². The summed E-state index contributed by atoms with van der Waals surface area (Å²) >= 11 is 6.06. The number of aryl methyl sites for hydroxylation is 1. The van der Waals surface area contributed by atoms with Crippen LogP contribution in [-0.4, -0.2) is 64.8 Å². The van der Waals surface area contributed by atoms with E-state index in [4.69, 9.17) is 16.3 Å². The average Bonchev–Trinajstić information content (AvgIpc) is 3.27. The Morgan fingerprint density at radius 2 is 1.68 bits per heavy atom. The van der Waals surface area contributed by atoms with Gasteiger partial charge in [-0.05, 0) is 54.5 Å². The molecule has 0 aliphatic carbocycles. The molecular weight excluding hydrogens is 587 g/mol. The van der Waals surface area contributed by atoms with Crippen LogP contribution in [0.2, 0.25) is 5.02 Å². The molecule has 0 spiro atoms. The van der Waals surface area contributed by atoms with E-state index in [-0.39, 0.29) is 48.7 Å². The molecule has 0 unspecified atom stereocenters. The molecule has 11 heteroatoms. The Morgan fingerprint density at radius 3 is 2.41 bits per heavy atom. The van der Waals surface area contributed by atoms with Gasteiger partial charge in [-0.3, -0.25) is 24.6 Å². The summed E-state index contributed by atoms with van der Waals surface area (Å²) in [6.45, 7) is -0.0124. The number of nitrogens with one attached hydrogen (secondary N) is 1. The first-order valence-electron chi connectivity index (χ1n) is 14.1. The quantitative estimate of drug-likeness (QED) is 0.204. The van der Waals surface area contributed by atoms with E-state index in [1.165, 1.54) is 21.9 Å². The molecule has 1 aromatic heterocycles. The van der Waals surface area contributed by atoms with Crippen LogP contribution in [0, 0.1) is 5.82 Å². The maximum atomic E-state index is 13.9. The van der Waals surface area contributed by atoms with Crippen molar-refractivity contribution in [1.82, 2.24) is 14.8 Å². The molecule has 0 saturated heterocycles. The molecule has 9 nitrogen and oxygen atoms in total. The lowest BCUT2D eigenvalue weighted by Gasteiger charge is -2.28. The number of fused-ring (bicyclic) bond motifs is 2. The highest BCUT2D eigenvalue weighted by atomic mass is 35.5. The number of aromatic nitrogens is 1. The molecule has 0 fully saturated rings. The minimum absolute atomic E-state index is 0.0252. The second kappa shape index (κ2) is 13.6. The summed E-state index contributed by atoms with van der Waals surface area (Å²) in [7, 11) is 1.59. The van der Waals surface area contributed by atoms with Crippen molar-refractivity contribution in [2.75, 3.05) is 25.5 Å². The van der Waals surface area contributed by atoms with Gasteiger partial charge >= 0.3 is 6.09 Å². The monoisotopic (exact) mass is 616 g/mol. The lowest BCUT2D eigenvalue weighted by atomic mass is 10.1. The van der Waals surface area contributed by atoms with Crippen molar-refractivity contribution < 1.29 is 28.3 Å². The predicted molar refractivity (Wildman–Crippen MR) is 164 cm³/mol. The molecule has 1 aliphatic heterocycles. The number of likely N-dealkylation sites (N-methyl/N-ethyl adjacent to an activating group) is 1. The Morgan fingerprint density at radius 1 is 1.00 bits per heavy atom. The molecule has 1 aliphatic rings. The number of ether oxygens (including phenoxy) is 1. The maximum absolute atomic E-state index is 13.9. The highest BCUT2D eigenvalue weighted by Crippen LogP contribution is 2.24. The Bertz CT molecular complexity index is 1700. The van der Waals surface area contributed by atoms with Crippen molar-refractivity contribution in [1.29, 1.82) is 0 Å². The zero-order valence-electron chi connectivity index (χ0n) is 24.0. The van der Waals surface area contributed by atoms with Crippen LogP contribution >= 0.6 is 11.6 Å². The third-order valence-corrected chi connectivity index (χ3v) is 8.07. The van der Waals surface area contributed by atoms with E-state index in [9.17, 15) is 23.6 Å². The number of anilines is 1. The zero-order chi connectivity index (χ0) is 31.2. The molecule has 0 bridgehead atoms. The number of imide groups is 1. The zero-order valence-corrected chi connectivity index (χ0v) is 24.7. The van der Waals surface area contributed by atoms with Gasteiger partial charge in [0.25, 0.3) is 11.8 Å². The molecule has 4 amide bonds. The number of pyridine rings is 1. The molecule has 4 aromatic rings. The molecular formula is C33H30ClFN4O5. The summed E-state index contributed by atoms with van der Waals surface area (Å²) < 4.78 is 19.4. The first kappa shape index (κ1) is 30.6. The van der Waals surface area contributed by atoms with Crippen LogP contribution in [0.4, 0.5) is 15.0 Å². The van der Waals surface area contributed by atoms with E-state index in [0.717, 1.165) is 10.8 Å². The summed E-state index contributed by atoms with van der Waals surface area (Å²) in [6, 6.07) is 19.8. The van der Waals surface area contributed by atoms with E-state index in [0.29, 0.717) is 35.3 Å². The third kappa shape index (κ3) is 6.86. The van der Waals surface area contributed by atoms with Crippen LogP contribution in [-0.2, 0) is 16.0 Å². The van der Waals surface area contributed by atoms with Gasteiger partial charge < -0.3 is 9.64 Å². The van der Waals surface area contributed by atoms with Gasteiger partial charge in [-0.25, -0.2) is 14.2 Å². The van der Waals surface area contributed by atoms with Crippen molar-refractivity contribution in [3.63, 3.8) is 0 Å². The van der Waals surface area contributed by atoms with Crippen molar-refractivity contribution in [2.24, 2.45) is 0 Å². The van der Waals surface area contributed by atoms with Gasteiger partial charge in [0.05, 0.1) is 22.2 Å². The van der Waals surface area contributed by atoms with Crippen molar-refractivity contribution in [3.05, 3.63) is 107 Å². The van der Waals surface area contributed by atoms with Crippen LogP contribution in [0.3, 0.4) is 0 Å². The van der Waals surface area contributed by atoms with Gasteiger partial charge in [-0.1, -0.05) is 60.1 Å². The number of amides is 4. The average molecular weight is 617 g/mol. The summed E-state index contributed by atoms with van der Waals surface area (Å²) in [5, 5.41) is 4.41. The van der Waals surface area contributed by atoms with E-state index in [1.807, 2.05) is 24.3 Å². The van der Waals surface area contributed by atoms with Gasteiger partial charge in [0.15, 0.2) is 0 Å². The highest BCUT2D eigenvalue weighted by Gasteiger charge is 2.35. The number of benzene rings is 3. The first-order chi connectivity index (χ1) is 21.2. The summed E-state index contributed by atoms with van der Waals surface area (Å²) in [6.07, 6.45) is 1.85. The summed E-state index contributed by atoms with van der Waals surface area (Å²) in [5.74, 6) is -1.24. The smallest absolute Gasteiger partial charge is 0.412 e. The lowest BCUT2D eigenvalue weighted by molar-refractivity contribution is -0.133. The maximum Gasteiger partial charge on any atom is 0.412 e. The number of hydrogen-bond acceptors (Lipinski definition) is 6. The number of rotatable bonds is 11. The fraction of sp³-hybridized carbons (Fsp3) is 0.242. The number of carbonyl (C=O) groups excluding carboxylic acids is 4. The molecule has 1 N–H and O–H groups in total. The van der Waals surface area contributed by atoms with Gasteiger partial charge in [-0.2, -0.15) is 0 Å². The second-order valence-electron chi connectivity index (χ2n) is 10.5. The molecule has 1 atom stereocenters. The minimum Gasteiger partial charge on any atom is -0.447 e. The van der Waals surface area contributed by atoms with Crippen LogP contribution in [0.1, 0.15) is 45.5 Å². The third-order valence-electron chi connectivity index (χ3n) is 7.65. The Labute approximate surface area is 258 Å². The summed E-state index contributed by atoms with van der Waals surface area (Å²) in [5.41, 5.74) is 1.23. The van der Waals surface area contributed by atoms with E-state index < -0.39 is 18.0 Å². The second-order valence-corrected chi connectivity index (χ2v) is 10.8. The molecule has 5 rings (SSSR count). The fourth-order valence-electron chi connectivity index (χ4n) is 5.14. The highest BCUT2D eigenvalue weighted by molar-refractivity contribution is 6.31. The van der Waals surface area contributed by atoms with Gasteiger partial charge in [-0.15, -0.1) is 0 Å².